The number of amides is 2. The van der Waals surface area contributed by atoms with Crippen molar-refractivity contribution in [2.45, 2.75) is 75.9 Å². The Balaban J connectivity index is 1.14. The Morgan fingerprint density at radius 3 is 2.40 bits per heavy atom. The Hall–Kier alpha value is -4.07. The Labute approximate surface area is 276 Å². The number of carbonyl (C=O) groups excluding carboxylic acids is 2. The highest BCUT2D eigenvalue weighted by Gasteiger charge is 2.55. The Morgan fingerprint density at radius 2 is 1.79 bits per heavy atom. The van der Waals surface area contributed by atoms with Crippen molar-refractivity contribution in [1.29, 1.82) is 0 Å². The molecule has 4 atom stereocenters. The zero-order chi connectivity index (χ0) is 34.2. The molecule has 1 aromatic heterocycles. The number of aromatic amines is 1. The molecule has 48 heavy (non-hydrogen) atoms. The molecule has 1 spiro atoms. The van der Waals surface area contributed by atoms with Gasteiger partial charge >= 0.3 is 21.7 Å². The van der Waals surface area contributed by atoms with E-state index in [1.165, 1.54) is 13.2 Å². The van der Waals surface area contributed by atoms with Gasteiger partial charge in [-0.2, -0.15) is 21.6 Å². The van der Waals surface area contributed by atoms with Crippen LogP contribution in [0, 0.1) is 17.3 Å². The largest absolute Gasteiger partial charge is 0.534 e. The highest BCUT2D eigenvalue weighted by atomic mass is 32.2. The van der Waals surface area contributed by atoms with Gasteiger partial charge in [-0.05, 0) is 90.0 Å². The van der Waals surface area contributed by atoms with Crippen LogP contribution in [0.1, 0.15) is 74.9 Å². The molecule has 256 valence electrons. The van der Waals surface area contributed by atoms with Crippen molar-refractivity contribution in [3.8, 4) is 28.1 Å². The number of alkyl halides is 3. The number of methoxy groups -OCH3 is 1. The Bertz CT molecular complexity index is 1870. The first-order valence-corrected chi connectivity index (χ1v) is 17.6. The van der Waals surface area contributed by atoms with Crippen LogP contribution in [-0.2, 0) is 26.1 Å². The third kappa shape index (κ3) is 5.61. The zero-order valence-electron chi connectivity index (χ0n) is 26.8. The predicted molar refractivity (Wildman–Crippen MR) is 169 cm³/mol. The molecule has 4 aliphatic rings. The fourth-order valence-corrected chi connectivity index (χ4v) is 8.15. The van der Waals surface area contributed by atoms with Crippen molar-refractivity contribution in [3.63, 3.8) is 0 Å². The van der Waals surface area contributed by atoms with E-state index in [1.54, 1.807) is 12.3 Å². The van der Waals surface area contributed by atoms with Crippen molar-refractivity contribution in [2.24, 2.45) is 17.3 Å². The van der Waals surface area contributed by atoms with Crippen LogP contribution >= 0.6 is 0 Å². The first kappa shape index (κ1) is 32.5. The number of alkyl carbamates (subject to hydrolysis) is 1. The number of benzene rings is 2. The molecule has 0 radical (unpaired) electrons. The molecule has 3 aliphatic carbocycles. The summed E-state index contributed by atoms with van der Waals surface area (Å²) in [5, 5.41) is 2.69. The van der Waals surface area contributed by atoms with Crippen molar-refractivity contribution < 1.29 is 40.1 Å². The summed E-state index contributed by atoms with van der Waals surface area (Å²) in [7, 11) is -4.52. The summed E-state index contributed by atoms with van der Waals surface area (Å²) in [6.45, 7) is 4.36. The topological polar surface area (TPSA) is 131 Å². The van der Waals surface area contributed by atoms with Gasteiger partial charge in [0.05, 0.1) is 25.0 Å². The number of imidazole rings is 1. The van der Waals surface area contributed by atoms with Crippen LogP contribution in [-0.4, -0.2) is 60.5 Å². The van der Waals surface area contributed by atoms with Gasteiger partial charge < -0.3 is 24.1 Å². The van der Waals surface area contributed by atoms with E-state index in [0.717, 1.165) is 60.1 Å². The quantitative estimate of drug-likeness (QED) is 0.206. The van der Waals surface area contributed by atoms with Crippen molar-refractivity contribution in [3.05, 3.63) is 59.5 Å². The molecule has 2 amide bonds. The number of aromatic nitrogens is 2. The van der Waals surface area contributed by atoms with Crippen LogP contribution in [0.2, 0.25) is 0 Å². The molecule has 10 nitrogen and oxygen atoms in total. The molecule has 3 fully saturated rings. The molecule has 2 unspecified atom stereocenters. The van der Waals surface area contributed by atoms with Gasteiger partial charge in [-0.25, -0.2) is 9.78 Å². The molecule has 14 heteroatoms. The van der Waals surface area contributed by atoms with E-state index < -0.39 is 27.8 Å². The normalized spacial score (nSPS) is 23.0. The maximum atomic E-state index is 13.8. The first-order chi connectivity index (χ1) is 22.7. The molecule has 2 saturated carbocycles. The van der Waals surface area contributed by atoms with Crippen LogP contribution in [0.15, 0.2) is 42.6 Å². The van der Waals surface area contributed by atoms with E-state index >= 15 is 0 Å². The van der Waals surface area contributed by atoms with Crippen molar-refractivity contribution >= 4 is 22.1 Å². The number of H-pyrrole nitrogens is 1. The molecule has 0 bridgehead atoms. The number of likely N-dealkylation sites (tertiary alicyclic amines) is 1. The van der Waals surface area contributed by atoms with Crippen LogP contribution < -0.4 is 9.50 Å². The smallest absolute Gasteiger partial charge is 0.453 e. The number of rotatable bonds is 8. The Kier molecular flexibility index (Phi) is 7.80. The number of hydrogen-bond acceptors (Lipinski definition) is 7. The second-order valence-corrected chi connectivity index (χ2v) is 15.5. The van der Waals surface area contributed by atoms with Crippen molar-refractivity contribution in [2.75, 3.05) is 13.7 Å². The van der Waals surface area contributed by atoms with Crippen LogP contribution in [0.25, 0.3) is 22.4 Å². The van der Waals surface area contributed by atoms with Gasteiger partial charge in [0.25, 0.3) is 0 Å². The first-order valence-electron chi connectivity index (χ1n) is 16.2. The minimum absolute atomic E-state index is 0.0684. The molecule has 7 rings (SSSR count). The maximum absolute atomic E-state index is 13.8. The molecule has 1 aliphatic heterocycles. The van der Waals surface area contributed by atoms with Gasteiger partial charge in [0.1, 0.15) is 17.6 Å². The molecular formula is C34H37F3N4O6S. The average molecular weight is 687 g/mol. The zero-order valence-corrected chi connectivity index (χ0v) is 27.6. The lowest BCUT2D eigenvalue weighted by molar-refractivity contribution is -0.135. The van der Waals surface area contributed by atoms with Gasteiger partial charge in [0.2, 0.25) is 5.91 Å². The highest BCUT2D eigenvalue weighted by Crippen LogP contribution is 2.59. The van der Waals surface area contributed by atoms with E-state index in [1.807, 2.05) is 43.0 Å². The number of nitrogens with zero attached hydrogens (tertiary/aromatic N) is 2. The SMILES string of the molecule is COC(=O)N[C@H](C(=O)N1CC2(CC2)C[C@H]1c1ncc(-c2ccc(-c3ccc(OS(=O)(=O)C(F)(F)F)c4c3C3CCC3C4)cc2)[nH]1)C(C)C. The summed E-state index contributed by atoms with van der Waals surface area (Å²) in [5.74, 6) is 0.503. The molecular weight excluding hydrogens is 649 g/mol. The van der Waals surface area contributed by atoms with Gasteiger partial charge in [-0.1, -0.05) is 44.2 Å². The number of nitrogens with one attached hydrogen (secondary N) is 2. The van der Waals surface area contributed by atoms with E-state index in [0.29, 0.717) is 24.4 Å². The highest BCUT2D eigenvalue weighted by molar-refractivity contribution is 7.88. The van der Waals surface area contributed by atoms with Crippen LogP contribution in [0.4, 0.5) is 18.0 Å². The lowest BCUT2D eigenvalue weighted by atomic mass is 9.73. The number of hydrogen-bond donors (Lipinski definition) is 2. The lowest BCUT2D eigenvalue weighted by Gasteiger charge is -2.31. The van der Waals surface area contributed by atoms with Crippen molar-refractivity contribution in [1.82, 2.24) is 20.2 Å². The van der Waals surface area contributed by atoms with E-state index in [-0.39, 0.29) is 40.9 Å². The number of carbonyl (C=O) groups is 2. The van der Waals surface area contributed by atoms with Gasteiger partial charge in [0.15, 0.2) is 0 Å². The minimum Gasteiger partial charge on any atom is -0.453 e. The van der Waals surface area contributed by atoms with Gasteiger partial charge in [-0.15, -0.1) is 0 Å². The minimum atomic E-state index is -5.78. The summed E-state index contributed by atoms with van der Waals surface area (Å²) in [6.07, 6.45) is 6.23. The van der Waals surface area contributed by atoms with E-state index in [9.17, 15) is 31.2 Å². The van der Waals surface area contributed by atoms with Crippen LogP contribution in [0.5, 0.6) is 5.75 Å². The number of ether oxygens (including phenoxy) is 1. The molecule has 3 aromatic rings. The second kappa shape index (κ2) is 11.5. The third-order valence-electron chi connectivity index (χ3n) is 10.6. The van der Waals surface area contributed by atoms with E-state index in [4.69, 9.17) is 4.74 Å². The number of fused-ring (bicyclic) bond motifs is 3. The van der Waals surface area contributed by atoms with E-state index in [2.05, 4.69) is 19.5 Å². The summed E-state index contributed by atoms with van der Waals surface area (Å²) in [5.41, 5.74) is -0.731. The third-order valence-corrected chi connectivity index (χ3v) is 11.6. The second-order valence-electron chi connectivity index (χ2n) is 13.9. The fourth-order valence-electron chi connectivity index (χ4n) is 7.66. The molecule has 2 aromatic carbocycles. The monoisotopic (exact) mass is 686 g/mol. The Morgan fingerprint density at radius 1 is 1.08 bits per heavy atom. The predicted octanol–water partition coefficient (Wildman–Crippen LogP) is 6.46. The average Bonchev–Trinajstić information content (AvgIpc) is 3.32. The summed E-state index contributed by atoms with van der Waals surface area (Å²) >= 11 is 0. The molecule has 1 saturated heterocycles. The summed E-state index contributed by atoms with van der Waals surface area (Å²) in [6, 6.07) is 9.68. The van der Waals surface area contributed by atoms with Gasteiger partial charge in [-0.3, -0.25) is 4.79 Å². The van der Waals surface area contributed by atoms with Crippen LogP contribution in [0.3, 0.4) is 0 Å². The summed E-state index contributed by atoms with van der Waals surface area (Å²) < 4.78 is 72.3. The lowest BCUT2D eigenvalue weighted by Crippen LogP contribution is -2.51. The molecule has 2 N–H and O–H groups in total. The fraction of sp³-hybridized carbons (Fsp3) is 0.500. The molecule has 2 heterocycles. The van der Waals surface area contributed by atoms with Gasteiger partial charge in [0, 0.05) is 12.1 Å². The standard InChI is InChI=1S/C34H37F3N4O6S/c1-18(2)29(40-32(43)46-3)31(42)41-17-33(12-13-33)15-26(41)30-38-16-25(39-30)20-6-4-19(5-7-20)22-10-11-27(47-48(44,45)34(35,36)37)24-14-21-8-9-23(21)28(22)24/h4-7,10-11,16,18,21,23,26,29H,8-9,12-15,17H2,1-3H3,(H,38,39)(H,40,43)/t21?,23?,26-,29-/m0/s1. The number of halogens is 3. The maximum Gasteiger partial charge on any atom is 0.534 e. The summed E-state index contributed by atoms with van der Waals surface area (Å²) in [4.78, 5) is 35.7.